The lowest BCUT2D eigenvalue weighted by Gasteiger charge is -2.20. The summed E-state index contributed by atoms with van der Waals surface area (Å²) in [6.45, 7) is 4.70. The first kappa shape index (κ1) is 19.5. The zero-order valence-corrected chi connectivity index (χ0v) is 15.3. The van der Waals surface area contributed by atoms with Gasteiger partial charge in [-0.3, -0.25) is 0 Å². The van der Waals surface area contributed by atoms with Crippen molar-refractivity contribution >= 4 is 6.03 Å². The van der Waals surface area contributed by atoms with Gasteiger partial charge in [0.2, 0.25) is 0 Å². The fourth-order valence-electron chi connectivity index (χ4n) is 3.02. The summed E-state index contributed by atoms with van der Waals surface area (Å²) in [5.74, 6) is 0.249. The molecule has 0 spiro atoms. The van der Waals surface area contributed by atoms with Gasteiger partial charge in [0, 0.05) is 40.3 Å². The van der Waals surface area contributed by atoms with E-state index in [1.165, 1.54) is 13.2 Å². The van der Waals surface area contributed by atoms with E-state index in [2.05, 4.69) is 10.2 Å². The van der Waals surface area contributed by atoms with Crippen molar-refractivity contribution in [2.24, 2.45) is 5.92 Å². The molecule has 1 aromatic rings. The first-order chi connectivity index (χ1) is 12.0. The van der Waals surface area contributed by atoms with Gasteiger partial charge in [-0.15, -0.1) is 0 Å². The molecular formula is C18H28FN3O3. The minimum absolute atomic E-state index is 0.147. The Morgan fingerprint density at radius 3 is 2.92 bits per heavy atom. The molecule has 1 saturated heterocycles. The van der Waals surface area contributed by atoms with E-state index in [-0.39, 0.29) is 11.8 Å². The molecule has 1 aliphatic rings. The minimum Gasteiger partial charge on any atom is -0.494 e. The quantitative estimate of drug-likeness (QED) is 0.776. The van der Waals surface area contributed by atoms with Crippen molar-refractivity contribution in [3.8, 4) is 5.75 Å². The molecule has 1 aromatic carbocycles. The lowest BCUT2D eigenvalue weighted by molar-refractivity contribution is 0.158. The number of hydrogen-bond acceptors (Lipinski definition) is 4. The number of urea groups is 1. The molecule has 0 aromatic heterocycles. The van der Waals surface area contributed by atoms with Crippen molar-refractivity contribution in [3.63, 3.8) is 0 Å². The average Bonchev–Trinajstić information content (AvgIpc) is 3.05. The van der Waals surface area contributed by atoms with Gasteiger partial charge in [0.05, 0.1) is 13.7 Å². The molecule has 0 bridgehead atoms. The van der Waals surface area contributed by atoms with Crippen LogP contribution in [0.2, 0.25) is 0 Å². The molecule has 6 nitrogen and oxygen atoms in total. The third-order valence-corrected chi connectivity index (χ3v) is 4.51. The highest BCUT2D eigenvalue weighted by Gasteiger charge is 2.23. The largest absolute Gasteiger partial charge is 0.494 e. The highest BCUT2D eigenvalue weighted by Crippen LogP contribution is 2.18. The van der Waals surface area contributed by atoms with Crippen molar-refractivity contribution in [3.05, 3.63) is 29.6 Å². The Labute approximate surface area is 148 Å². The Hall–Kier alpha value is -1.86. The molecule has 25 heavy (non-hydrogen) atoms. The molecule has 0 aliphatic carbocycles. The van der Waals surface area contributed by atoms with E-state index in [1.807, 2.05) is 0 Å². The minimum atomic E-state index is -0.420. The van der Waals surface area contributed by atoms with E-state index >= 15 is 0 Å². The maximum Gasteiger partial charge on any atom is 0.317 e. The highest BCUT2D eigenvalue weighted by atomic mass is 19.1. The molecule has 1 atom stereocenters. The second kappa shape index (κ2) is 9.58. The molecule has 2 amide bonds. The van der Waals surface area contributed by atoms with Crippen molar-refractivity contribution in [1.29, 1.82) is 0 Å². The number of benzene rings is 1. The van der Waals surface area contributed by atoms with Crippen LogP contribution in [0.25, 0.3) is 0 Å². The molecule has 1 fully saturated rings. The summed E-state index contributed by atoms with van der Waals surface area (Å²) >= 11 is 0. The number of nitrogens with zero attached hydrogens (tertiary/aromatic N) is 2. The Kier molecular flexibility index (Phi) is 7.46. The predicted octanol–water partition coefficient (Wildman–Crippen LogP) is 1.94. The maximum atomic E-state index is 13.7. The van der Waals surface area contributed by atoms with Gasteiger partial charge in [-0.05, 0) is 36.6 Å². The van der Waals surface area contributed by atoms with Crippen LogP contribution in [-0.2, 0) is 11.3 Å². The predicted molar refractivity (Wildman–Crippen MR) is 94.2 cm³/mol. The second-order valence-corrected chi connectivity index (χ2v) is 6.46. The molecule has 2 rings (SSSR count). The number of nitrogens with one attached hydrogen (secondary N) is 1. The van der Waals surface area contributed by atoms with Gasteiger partial charge in [-0.2, -0.15) is 0 Å². The fourth-order valence-corrected chi connectivity index (χ4v) is 3.02. The third kappa shape index (κ3) is 5.86. The van der Waals surface area contributed by atoms with Crippen molar-refractivity contribution < 1.29 is 18.7 Å². The van der Waals surface area contributed by atoms with E-state index < -0.39 is 5.82 Å². The summed E-state index contributed by atoms with van der Waals surface area (Å²) in [5.41, 5.74) is 0.725. The molecule has 1 unspecified atom stereocenters. The molecular weight excluding hydrogens is 325 g/mol. The van der Waals surface area contributed by atoms with Gasteiger partial charge in [-0.1, -0.05) is 6.07 Å². The van der Waals surface area contributed by atoms with E-state index in [1.54, 1.807) is 31.2 Å². The monoisotopic (exact) mass is 353 g/mol. The summed E-state index contributed by atoms with van der Waals surface area (Å²) in [6, 6.07) is 4.58. The van der Waals surface area contributed by atoms with Gasteiger partial charge in [0.1, 0.15) is 0 Å². The van der Waals surface area contributed by atoms with E-state index in [0.717, 1.165) is 38.2 Å². The highest BCUT2D eigenvalue weighted by molar-refractivity contribution is 5.73. The zero-order valence-electron chi connectivity index (χ0n) is 15.3. The van der Waals surface area contributed by atoms with Gasteiger partial charge in [0.15, 0.2) is 11.6 Å². The van der Waals surface area contributed by atoms with Crippen LogP contribution in [0, 0.1) is 11.7 Å². The van der Waals surface area contributed by atoms with E-state index in [4.69, 9.17) is 9.47 Å². The van der Waals surface area contributed by atoms with Crippen LogP contribution in [0.1, 0.15) is 12.0 Å². The molecule has 7 heteroatoms. The maximum absolute atomic E-state index is 13.7. The Balaban J connectivity index is 1.74. The summed E-state index contributed by atoms with van der Waals surface area (Å²) in [4.78, 5) is 16.1. The Bertz CT molecular complexity index is 570. The normalized spacial score (nSPS) is 17.5. The number of rotatable bonds is 8. The van der Waals surface area contributed by atoms with Crippen molar-refractivity contribution in [2.45, 2.75) is 13.0 Å². The van der Waals surface area contributed by atoms with Crippen LogP contribution < -0.4 is 10.1 Å². The number of amides is 2. The summed E-state index contributed by atoms with van der Waals surface area (Å²) in [6.07, 6.45) is 1.08. The first-order valence-corrected chi connectivity index (χ1v) is 8.56. The standard InChI is InChI=1S/C18H28FN3O3/c1-21(12-14-4-5-17(25-3)16(19)10-14)18(23)20-11-15-6-7-22(13-15)8-9-24-2/h4-5,10,15H,6-9,11-13H2,1-3H3,(H,20,23). The lowest BCUT2D eigenvalue weighted by Crippen LogP contribution is -2.39. The van der Waals surface area contributed by atoms with Crippen molar-refractivity contribution in [1.82, 2.24) is 15.1 Å². The third-order valence-electron chi connectivity index (χ3n) is 4.51. The number of carbonyl (C=O) groups excluding carboxylic acids is 1. The Morgan fingerprint density at radius 2 is 2.24 bits per heavy atom. The number of halogens is 1. The first-order valence-electron chi connectivity index (χ1n) is 8.56. The molecule has 140 valence electrons. The summed E-state index contributed by atoms with van der Waals surface area (Å²) in [5, 5.41) is 2.97. The molecule has 0 saturated carbocycles. The van der Waals surface area contributed by atoms with E-state index in [9.17, 15) is 9.18 Å². The SMILES string of the molecule is COCCN1CCC(CNC(=O)N(C)Cc2ccc(OC)c(F)c2)C1. The Morgan fingerprint density at radius 1 is 1.44 bits per heavy atom. The molecule has 1 heterocycles. The number of methoxy groups -OCH3 is 2. The summed E-state index contributed by atoms with van der Waals surface area (Å²) in [7, 11) is 4.84. The van der Waals surface area contributed by atoms with Crippen LogP contribution in [0.3, 0.4) is 0 Å². The van der Waals surface area contributed by atoms with Gasteiger partial charge >= 0.3 is 6.03 Å². The number of hydrogen-bond donors (Lipinski definition) is 1. The average molecular weight is 353 g/mol. The van der Waals surface area contributed by atoms with Crippen LogP contribution >= 0.6 is 0 Å². The fraction of sp³-hybridized carbons (Fsp3) is 0.611. The van der Waals surface area contributed by atoms with E-state index in [0.29, 0.717) is 19.0 Å². The van der Waals surface area contributed by atoms with Crippen LogP contribution in [-0.4, -0.2) is 69.9 Å². The molecule has 1 N–H and O–H groups in total. The van der Waals surface area contributed by atoms with Gasteiger partial charge in [0.25, 0.3) is 0 Å². The van der Waals surface area contributed by atoms with Crippen LogP contribution in [0.4, 0.5) is 9.18 Å². The second-order valence-electron chi connectivity index (χ2n) is 6.46. The van der Waals surface area contributed by atoms with Gasteiger partial charge < -0.3 is 24.6 Å². The smallest absolute Gasteiger partial charge is 0.317 e. The molecule has 1 aliphatic heterocycles. The molecule has 0 radical (unpaired) electrons. The van der Waals surface area contributed by atoms with Crippen LogP contribution in [0.5, 0.6) is 5.75 Å². The van der Waals surface area contributed by atoms with Crippen LogP contribution in [0.15, 0.2) is 18.2 Å². The van der Waals surface area contributed by atoms with Crippen molar-refractivity contribution in [2.75, 3.05) is 54.1 Å². The lowest BCUT2D eigenvalue weighted by atomic mass is 10.1. The number of ether oxygens (including phenoxy) is 2. The summed E-state index contributed by atoms with van der Waals surface area (Å²) < 4.78 is 23.7. The topological polar surface area (TPSA) is 54.0 Å². The van der Waals surface area contributed by atoms with Gasteiger partial charge in [-0.25, -0.2) is 9.18 Å². The zero-order chi connectivity index (χ0) is 18.2. The number of carbonyl (C=O) groups is 1. The number of likely N-dealkylation sites (tertiary alicyclic amines) is 1.